The topological polar surface area (TPSA) is 92.9 Å². The number of carbonyl (C=O) groups is 1. The quantitative estimate of drug-likeness (QED) is 0.733. The summed E-state index contributed by atoms with van der Waals surface area (Å²) in [7, 11) is 0. The molecule has 0 radical (unpaired) electrons. The summed E-state index contributed by atoms with van der Waals surface area (Å²) in [5.74, 6) is -0.354. The summed E-state index contributed by atoms with van der Waals surface area (Å²) in [5, 5.41) is 27.5. The van der Waals surface area contributed by atoms with Gasteiger partial charge in [0.2, 0.25) is 0 Å². The van der Waals surface area contributed by atoms with Crippen molar-refractivity contribution in [2.75, 3.05) is 6.54 Å². The molecular formula is C14H12ClN5O2S. The predicted octanol–water partition coefficient (Wildman–Crippen LogP) is 1.84. The summed E-state index contributed by atoms with van der Waals surface area (Å²) in [4.78, 5) is 12.2. The van der Waals surface area contributed by atoms with Gasteiger partial charge in [-0.3, -0.25) is 4.79 Å². The maximum absolute atomic E-state index is 12.2. The first-order chi connectivity index (χ1) is 11.1. The van der Waals surface area contributed by atoms with Crippen molar-refractivity contribution in [2.24, 2.45) is 0 Å². The van der Waals surface area contributed by atoms with E-state index >= 15 is 0 Å². The zero-order valence-electron chi connectivity index (χ0n) is 11.8. The molecule has 0 bridgehead atoms. The summed E-state index contributed by atoms with van der Waals surface area (Å²) in [6.07, 6.45) is 0.687. The van der Waals surface area contributed by atoms with Gasteiger partial charge < -0.3 is 10.4 Å². The van der Waals surface area contributed by atoms with Gasteiger partial charge in [0.25, 0.3) is 5.91 Å². The average molecular weight is 350 g/mol. The number of aliphatic hydroxyl groups excluding tert-OH is 1. The fourth-order valence-corrected chi connectivity index (χ4v) is 2.94. The Balaban J connectivity index is 1.68. The highest BCUT2D eigenvalue weighted by Gasteiger charge is 2.14. The summed E-state index contributed by atoms with van der Waals surface area (Å²) in [6.45, 7) is 0.112. The third-order valence-electron chi connectivity index (χ3n) is 3.19. The minimum atomic E-state index is -0.746. The van der Waals surface area contributed by atoms with Crippen molar-refractivity contribution >= 4 is 28.8 Å². The average Bonchev–Trinajstić information content (AvgIpc) is 3.24. The Labute approximate surface area is 140 Å². The molecule has 1 amide bonds. The minimum absolute atomic E-state index is 0.112. The van der Waals surface area contributed by atoms with E-state index in [2.05, 4.69) is 20.8 Å². The van der Waals surface area contributed by atoms with Crippen LogP contribution in [0.4, 0.5) is 0 Å². The smallest absolute Gasteiger partial charge is 0.252 e. The number of aromatic nitrogens is 4. The Hall–Kier alpha value is -2.29. The van der Waals surface area contributed by atoms with Crippen molar-refractivity contribution in [3.8, 4) is 5.69 Å². The molecule has 2 heterocycles. The summed E-state index contributed by atoms with van der Waals surface area (Å²) >= 11 is 7.64. The van der Waals surface area contributed by atoms with Gasteiger partial charge in [-0.1, -0.05) is 11.6 Å². The van der Waals surface area contributed by atoms with E-state index in [4.69, 9.17) is 11.6 Å². The number of carbonyl (C=O) groups excluding carboxylic acids is 1. The van der Waals surface area contributed by atoms with E-state index in [0.717, 1.165) is 5.56 Å². The highest BCUT2D eigenvalue weighted by atomic mass is 35.5. The van der Waals surface area contributed by atoms with E-state index in [1.54, 1.807) is 18.2 Å². The second-order valence-corrected chi connectivity index (χ2v) is 5.89. The zero-order chi connectivity index (χ0) is 16.2. The van der Waals surface area contributed by atoms with Crippen LogP contribution in [0, 0.1) is 0 Å². The fourth-order valence-electron chi connectivity index (χ4n) is 1.98. The number of tetrazole rings is 1. The van der Waals surface area contributed by atoms with Crippen molar-refractivity contribution in [1.82, 2.24) is 25.5 Å². The third kappa shape index (κ3) is 3.55. The molecule has 0 aliphatic rings. The molecule has 118 valence electrons. The van der Waals surface area contributed by atoms with Gasteiger partial charge in [0, 0.05) is 6.54 Å². The highest BCUT2D eigenvalue weighted by molar-refractivity contribution is 7.07. The van der Waals surface area contributed by atoms with E-state index in [9.17, 15) is 9.90 Å². The Morgan fingerprint density at radius 2 is 2.30 bits per heavy atom. The van der Waals surface area contributed by atoms with Crippen LogP contribution < -0.4 is 5.32 Å². The van der Waals surface area contributed by atoms with E-state index in [0.29, 0.717) is 11.3 Å². The molecule has 3 rings (SSSR count). The number of benzene rings is 1. The number of rotatable bonds is 5. The van der Waals surface area contributed by atoms with Crippen LogP contribution in [-0.2, 0) is 0 Å². The first kappa shape index (κ1) is 15.6. The van der Waals surface area contributed by atoms with Crippen molar-refractivity contribution in [1.29, 1.82) is 0 Å². The van der Waals surface area contributed by atoms with Crippen LogP contribution in [0.15, 0.2) is 41.4 Å². The van der Waals surface area contributed by atoms with Gasteiger partial charge in [-0.2, -0.15) is 11.3 Å². The SMILES string of the molecule is O=C(NCC(O)c1ccsc1)c1ccc(-n2cnnn2)cc1Cl. The second-order valence-electron chi connectivity index (χ2n) is 4.70. The lowest BCUT2D eigenvalue weighted by molar-refractivity contribution is 0.0916. The molecule has 0 fully saturated rings. The number of aliphatic hydroxyl groups is 1. The number of amides is 1. The monoisotopic (exact) mass is 349 g/mol. The molecule has 0 aliphatic heterocycles. The zero-order valence-corrected chi connectivity index (χ0v) is 13.3. The van der Waals surface area contributed by atoms with E-state index in [1.807, 2.05) is 16.8 Å². The molecule has 0 aliphatic carbocycles. The molecule has 0 saturated heterocycles. The highest BCUT2D eigenvalue weighted by Crippen LogP contribution is 2.20. The third-order valence-corrected chi connectivity index (χ3v) is 4.21. The number of thiophene rings is 1. The van der Waals surface area contributed by atoms with Gasteiger partial charge >= 0.3 is 0 Å². The van der Waals surface area contributed by atoms with Crippen molar-refractivity contribution < 1.29 is 9.90 Å². The van der Waals surface area contributed by atoms with E-state index in [1.165, 1.54) is 22.3 Å². The second kappa shape index (κ2) is 6.86. The number of nitrogens with zero attached hydrogens (tertiary/aromatic N) is 4. The maximum Gasteiger partial charge on any atom is 0.252 e. The van der Waals surface area contributed by atoms with Crippen LogP contribution in [0.5, 0.6) is 0 Å². The minimum Gasteiger partial charge on any atom is -0.387 e. The Bertz CT molecular complexity index is 792. The molecule has 2 aromatic heterocycles. The molecule has 0 saturated carbocycles. The number of hydrogen-bond donors (Lipinski definition) is 2. The van der Waals surface area contributed by atoms with Gasteiger partial charge in [0.05, 0.1) is 22.4 Å². The summed E-state index contributed by atoms with van der Waals surface area (Å²) < 4.78 is 1.44. The van der Waals surface area contributed by atoms with Crippen LogP contribution in [0.2, 0.25) is 5.02 Å². The molecule has 1 atom stereocenters. The largest absolute Gasteiger partial charge is 0.387 e. The Morgan fingerprint density at radius 3 is 2.96 bits per heavy atom. The van der Waals surface area contributed by atoms with Crippen LogP contribution in [0.25, 0.3) is 5.69 Å². The summed E-state index contributed by atoms with van der Waals surface area (Å²) in [5.41, 5.74) is 1.74. The van der Waals surface area contributed by atoms with Crippen molar-refractivity contribution in [2.45, 2.75) is 6.10 Å². The molecule has 3 aromatic rings. The normalized spacial score (nSPS) is 12.1. The molecule has 23 heavy (non-hydrogen) atoms. The van der Waals surface area contributed by atoms with Gasteiger partial charge in [-0.25, -0.2) is 4.68 Å². The molecule has 2 N–H and O–H groups in total. The van der Waals surface area contributed by atoms with E-state index < -0.39 is 6.10 Å². The molecule has 0 spiro atoms. The van der Waals surface area contributed by atoms with Gasteiger partial charge in [0.15, 0.2) is 0 Å². The van der Waals surface area contributed by atoms with Crippen LogP contribution in [0.3, 0.4) is 0 Å². The number of nitrogens with one attached hydrogen (secondary N) is 1. The molecule has 1 aromatic carbocycles. The fraction of sp³-hybridized carbons (Fsp3) is 0.143. The molecular weight excluding hydrogens is 338 g/mol. The van der Waals surface area contributed by atoms with Gasteiger partial charge in [-0.15, -0.1) is 5.10 Å². The molecule has 1 unspecified atom stereocenters. The van der Waals surface area contributed by atoms with Gasteiger partial charge in [0.1, 0.15) is 6.33 Å². The summed E-state index contributed by atoms with van der Waals surface area (Å²) in [6, 6.07) is 6.69. The number of halogens is 1. The molecule has 7 nitrogen and oxygen atoms in total. The first-order valence-corrected chi connectivity index (χ1v) is 7.98. The number of hydrogen-bond acceptors (Lipinski definition) is 6. The van der Waals surface area contributed by atoms with Crippen molar-refractivity contribution in [3.05, 3.63) is 57.5 Å². The maximum atomic E-state index is 12.2. The Morgan fingerprint density at radius 1 is 1.43 bits per heavy atom. The lowest BCUT2D eigenvalue weighted by Gasteiger charge is -2.11. The van der Waals surface area contributed by atoms with Crippen LogP contribution >= 0.6 is 22.9 Å². The van der Waals surface area contributed by atoms with E-state index in [-0.39, 0.29) is 17.5 Å². The van der Waals surface area contributed by atoms with Crippen LogP contribution in [0.1, 0.15) is 22.0 Å². The first-order valence-electron chi connectivity index (χ1n) is 6.66. The predicted molar refractivity (Wildman–Crippen MR) is 85.8 cm³/mol. The lowest BCUT2D eigenvalue weighted by Crippen LogP contribution is -2.28. The van der Waals surface area contributed by atoms with Crippen LogP contribution in [-0.4, -0.2) is 37.8 Å². The van der Waals surface area contributed by atoms with Crippen molar-refractivity contribution in [3.63, 3.8) is 0 Å². The lowest BCUT2D eigenvalue weighted by atomic mass is 10.1. The van der Waals surface area contributed by atoms with Gasteiger partial charge in [-0.05, 0) is 51.0 Å². The standard InChI is InChI=1S/C14H12ClN5O2S/c15-12-5-10(20-8-17-18-19-20)1-2-11(12)14(22)16-6-13(21)9-3-4-23-7-9/h1-5,7-8,13,21H,6H2,(H,16,22). The Kier molecular flexibility index (Phi) is 4.65. The molecule has 9 heteroatoms.